The Hall–Kier alpha value is -2.93. The molecule has 2 aromatic rings. The lowest BCUT2D eigenvalue weighted by molar-refractivity contribution is -0.174. The van der Waals surface area contributed by atoms with Crippen LogP contribution in [0.3, 0.4) is 0 Å². The Balaban J connectivity index is 1.69. The summed E-state index contributed by atoms with van der Waals surface area (Å²) in [6, 6.07) is 12.3. The van der Waals surface area contributed by atoms with Crippen molar-refractivity contribution in [2.75, 3.05) is 45.5 Å². The van der Waals surface area contributed by atoms with E-state index in [9.17, 15) is 4.79 Å². The molecular weight excluding hydrogens is 420 g/mol. The lowest BCUT2D eigenvalue weighted by Gasteiger charge is -2.49. The van der Waals surface area contributed by atoms with Crippen molar-refractivity contribution >= 4 is 11.7 Å². The number of carbonyl (C=O) groups is 1. The van der Waals surface area contributed by atoms with Gasteiger partial charge in [-0.15, -0.1) is 0 Å². The molecular formula is C26H32N2O5. The van der Waals surface area contributed by atoms with Crippen molar-refractivity contribution in [3.63, 3.8) is 0 Å². The SMILES string of the molecule is CCOC(=O)[C@H]1[C@@H](c2ccc(N(C)C)cc2)c2cc3c(cc2O[C@@]1(C)N1CCCC1)OCO3. The summed E-state index contributed by atoms with van der Waals surface area (Å²) >= 11 is 0. The number of hydrogen-bond acceptors (Lipinski definition) is 7. The number of anilines is 1. The van der Waals surface area contributed by atoms with Crippen molar-refractivity contribution in [3.8, 4) is 17.2 Å². The van der Waals surface area contributed by atoms with E-state index in [2.05, 4.69) is 34.1 Å². The van der Waals surface area contributed by atoms with E-state index in [0.29, 0.717) is 18.1 Å². The molecule has 1 fully saturated rings. The molecule has 0 bridgehead atoms. The first-order valence-corrected chi connectivity index (χ1v) is 11.7. The Kier molecular flexibility index (Phi) is 5.60. The van der Waals surface area contributed by atoms with Gasteiger partial charge >= 0.3 is 5.97 Å². The van der Waals surface area contributed by atoms with Crippen LogP contribution in [0, 0.1) is 5.92 Å². The zero-order chi connectivity index (χ0) is 23.2. The summed E-state index contributed by atoms with van der Waals surface area (Å²) in [6.45, 7) is 6.17. The smallest absolute Gasteiger partial charge is 0.315 e. The lowest BCUT2D eigenvalue weighted by Crippen LogP contribution is -2.61. The van der Waals surface area contributed by atoms with Gasteiger partial charge in [0.2, 0.25) is 6.79 Å². The Bertz CT molecular complexity index is 1030. The summed E-state index contributed by atoms with van der Waals surface area (Å²) in [5, 5.41) is 0. The van der Waals surface area contributed by atoms with E-state index in [1.54, 1.807) is 0 Å². The second-order valence-corrected chi connectivity index (χ2v) is 9.29. The van der Waals surface area contributed by atoms with Crippen molar-refractivity contribution in [2.24, 2.45) is 5.92 Å². The van der Waals surface area contributed by atoms with E-state index < -0.39 is 11.6 Å². The average Bonchev–Trinajstić information content (AvgIpc) is 3.49. The third-order valence-electron chi connectivity index (χ3n) is 7.11. The van der Waals surface area contributed by atoms with Gasteiger partial charge in [-0.25, -0.2) is 0 Å². The quantitative estimate of drug-likeness (QED) is 0.636. The predicted octanol–water partition coefficient (Wildman–Crippen LogP) is 4.00. The standard InChI is InChI=1S/C26H32N2O5/c1-5-30-25(29)24-23(17-8-10-18(11-9-17)27(3)4)19-14-21-22(32-16-31-21)15-20(19)33-26(24,2)28-12-6-7-13-28/h8-11,14-15,23-24H,5-7,12-13,16H2,1-4H3/t23-,24+,26+/m0/s1. The van der Waals surface area contributed by atoms with Crippen LogP contribution in [0.1, 0.15) is 43.7 Å². The summed E-state index contributed by atoms with van der Waals surface area (Å²) in [5.41, 5.74) is 2.24. The highest BCUT2D eigenvalue weighted by atomic mass is 16.7. The van der Waals surface area contributed by atoms with Crippen molar-refractivity contribution in [2.45, 2.75) is 38.3 Å². The average molecular weight is 453 g/mol. The van der Waals surface area contributed by atoms with Crippen molar-refractivity contribution in [3.05, 3.63) is 47.5 Å². The van der Waals surface area contributed by atoms with Gasteiger partial charge in [-0.1, -0.05) is 12.1 Å². The number of benzene rings is 2. The van der Waals surface area contributed by atoms with Gasteiger partial charge in [0.05, 0.1) is 6.61 Å². The number of rotatable bonds is 5. The maximum Gasteiger partial charge on any atom is 0.315 e. The first-order valence-electron chi connectivity index (χ1n) is 11.7. The second kappa shape index (κ2) is 8.45. The summed E-state index contributed by atoms with van der Waals surface area (Å²) in [7, 11) is 4.04. The molecule has 176 valence electrons. The summed E-state index contributed by atoms with van der Waals surface area (Å²) in [6.07, 6.45) is 2.18. The van der Waals surface area contributed by atoms with Gasteiger partial charge < -0.3 is 23.8 Å². The van der Waals surface area contributed by atoms with Crippen LogP contribution in [0.25, 0.3) is 0 Å². The molecule has 7 heteroatoms. The Morgan fingerprint density at radius 3 is 2.39 bits per heavy atom. The van der Waals surface area contributed by atoms with Gasteiger partial charge in [-0.3, -0.25) is 9.69 Å². The molecule has 33 heavy (non-hydrogen) atoms. The largest absolute Gasteiger partial charge is 0.471 e. The lowest BCUT2D eigenvalue weighted by atomic mass is 9.72. The Morgan fingerprint density at radius 1 is 1.09 bits per heavy atom. The third-order valence-corrected chi connectivity index (χ3v) is 7.11. The maximum absolute atomic E-state index is 13.6. The van der Waals surface area contributed by atoms with E-state index in [1.807, 2.05) is 40.1 Å². The number of fused-ring (bicyclic) bond motifs is 2. The van der Waals surface area contributed by atoms with Crippen LogP contribution in [-0.2, 0) is 9.53 Å². The van der Waals surface area contributed by atoms with Gasteiger partial charge in [0, 0.05) is 50.4 Å². The molecule has 0 unspecified atom stereocenters. The first-order chi connectivity index (χ1) is 15.9. The summed E-state index contributed by atoms with van der Waals surface area (Å²) in [4.78, 5) is 17.9. The molecule has 1 saturated heterocycles. The minimum absolute atomic E-state index is 0.186. The summed E-state index contributed by atoms with van der Waals surface area (Å²) < 4.78 is 23.7. The van der Waals surface area contributed by atoms with Gasteiger partial charge in [0.25, 0.3) is 0 Å². The van der Waals surface area contributed by atoms with E-state index in [0.717, 1.165) is 48.5 Å². The Morgan fingerprint density at radius 2 is 1.76 bits per heavy atom. The normalized spacial score (nSPS) is 25.9. The molecule has 3 heterocycles. The second-order valence-electron chi connectivity index (χ2n) is 9.29. The number of ether oxygens (including phenoxy) is 4. The van der Waals surface area contributed by atoms with E-state index in [4.69, 9.17) is 18.9 Å². The fraction of sp³-hybridized carbons (Fsp3) is 0.500. The molecule has 3 aliphatic rings. The summed E-state index contributed by atoms with van der Waals surface area (Å²) in [5.74, 6) is 1.07. The Labute approximate surface area is 195 Å². The van der Waals surface area contributed by atoms with Crippen LogP contribution in [0.2, 0.25) is 0 Å². The molecule has 0 N–H and O–H groups in total. The first kappa shape index (κ1) is 21.9. The van der Waals surface area contributed by atoms with Crippen LogP contribution in [-0.4, -0.2) is 57.2 Å². The number of hydrogen-bond donors (Lipinski definition) is 0. The molecule has 0 saturated carbocycles. The zero-order valence-electron chi connectivity index (χ0n) is 19.8. The van der Waals surface area contributed by atoms with Crippen LogP contribution in [0.15, 0.2) is 36.4 Å². The van der Waals surface area contributed by atoms with Gasteiger partial charge in [-0.2, -0.15) is 0 Å². The zero-order valence-corrected chi connectivity index (χ0v) is 19.8. The third kappa shape index (κ3) is 3.68. The molecule has 7 nitrogen and oxygen atoms in total. The van der Waals surface area contributed by atoms with E-state index >= 15 is 0 Å². The number of carbonyl (C=O) groups excluding carboxylic acids is 1. The molecule has 0 spiro atoms. The molecule has 0 amide bonds. The molecule has 0 radical (unpaired) electrons. The van der Waals surface area contributed by atoms with Gasteiger partial charge in [0.1, 0.15) is 11.7 Å². The van der Waals surface area contributed by atoms with Crippen LogP contribution < -0.4 is 19.1 Å². The number of esters is 1. The highest BCUT2D eigenvalue weighted by Gasteiger charge is 2.56. The minimum atomic E-state index is -0.839. The molecule has 5 rings (SSSR count). The minimum Gasteiger partial charge on any atom is -0.471 e. The molecule has 0 aliphatic carbocycles. The maximum atomic E-state index is 13.6. The molecule has 3 aliphatic heterocycles. The fourth-order valence-electron chi connectivity index (χ4n) is 5.41. The highest BCUT2D eigenvalue weighted by Crippen LogP contribution is 2.53. The van der Waals surface area contributed by atoms with Crippen LogP contribution in [0.4, 0.5) is 5.69 Å². The van der Waals surface area contributed by atoms with Crippen LogP contribution in [0.5, 0.6) is 17.2 Å². The van der Waals surface area contributed by atoms with Crippen molar-refractivity contribution in [1.82, 2.24) is 4.90 Å². The van der Waals surface area contributed by atoms with Crippen LogP contribution >= 0.6 is 0 Å². The monoisotopic (exact) mass is 452 g/mol. The highest BCUT2D eigenvalue weighted by molar-refractivity contribution is 5.78. The van der Waals surface area contributed by atoms with Crippen molar-refractivity contribution < 1.29 is 23.7 Å². The number of nitrogens with zero attached hydrogens (tertiary/aromatic N) is 2. The number of likely N-dealkylation sites (tertiary alicyclic amines) is 1. The van der Waals surface area contributed by atoms with E-state index in [-0.39, 0.29) is 18.7 Å². The van der Waals surface area contributed by atoms with Crippen molar-refractivity contribution in [1.29, 1.82) is 0 Å². The fourth-order valence-corrected chi connectivity index (χ4v) is 5.41. The van der Waals surface area contributed by atoms with E-state index in [1.165, 1.54) is 0 Å². The topological polar surface area (TPSA) is 60.5 Å². The van der Waals surface area contributed by atoms with Gasteiger partial charge in [0.15, 0.2) is 17.2 Å². The predicted molar refractivity (Wildman–Crippen MR) is 125 cm³/mol. The molecule has 3 atom stereocenters. The molecule has 0 aromatic heterocycles. The molecule has 2 aromatic carbocycles. The van der Waals surface area contributed by atoms with Gasteiger partial charge in [-0.05, 0) is 50.5 Å².